The van der Waals surface area contributed by atoms with Crippen LogP contribution in [0.5, 0.6) is 17.2 Å². The molecule has 1 aliphatic carbocycles. The molecule has 332 valence electrons. The summed E-state index contributed by atoms with van der Waals surface area (Å²) in [4.78, 5) is 61.9. The van der Waals surface area contributed by atoms with Crippen LogP contribution in [0.4, 0.5) is 20.4 Å². The van der Waals surface area contributed by atoms with Crippen LogP contribution in [-0.4, -0.2) is 100 Å². The fourth-order valence-electron chi connectivity index (χ4n) is 7.91. The SMILES string of the molecule is Cc1ccc(NC(=O)C2(c3ccc4c(c3)OC(F)(F)O4)CC2)nc1-c1cccc(C=O)c1.NCCSCC(=O)N1CCN(C(=O)C2Cc3cc(Cl)cc(-c4ccnc(N)c4)c3O2)CC1. The minimum absolute atomic E-state index is 0.0580. The second-order valence-electron chi connectivity index (χ2n) is 15.7. The molecule has 5 aromatic rings. The molecule has 4 aliphatic rings. The standard InChI is InChI=1S/C24H18F2N2O4.C22H26ClN5O3S/c1-14-5-8-20(27-21(14)16-4-2-3-15(11-16)13-29)28-22(30)23(9-10-23)17-6-7-18-19(12-17)32-24(25,26)31-18;23-16-9-15-10-18(31-21(15)17(12-16)14-1-3-26-19(25)11-14)22(30)28-6-4-27(5-7-28)20(29)13-32-8-2-24/h2-8,11-13H,9-10H2,1H3,(H,27,28,30);1,3,9,11-12,18H,2,4-8,10,13,24H2,(H2,25,26). The summed E-state index contributed by atoms with van der Waals surface area (Å²) in [6, 6.07) is 22.3. The first-order valence-electron chi connectivity index (χ1n) is 20.6. The molecular formula is C46H44ClF2N7O7S. The van der Waals surface area contributed by atoms with Crippen molar-refractivity contribution in [2.45, 2.75) is 44.0 Å². The number of pyridine rings is 2. The van der Waals surface area contributed by atoms with E-state index < -0.39 is 17.8 Å². The third-order valence-corrected chi connectivity index (χ3v) is 12.6. The van der Waals surface area contributed by atoms with Crippen LogP contribution >= 0.6 is 23.4 Å². The highest BCUT2D eigenvalue weighted by Crippen LogP contribution is 2.52. The van der Waals surface area contributed by atoms with Crippen LogP contribution in [0.25, 0.3) is 22.4 Å². The zero-order chi connectivity index (χ0) is 45.2. The number of fused-ring (bicyclic) bond motifs is 2. The second-order valence-corrected chi connectivity index (χ2v) is 17.3. The number of aromatic nitrogens is 2. The van der Waals surface area contributed by atoms with Crippen molar-refractivity contribution in [3.63, 3.8) is 0 Å². The molecule has 5 N–H and O–H groups in total. The van der Waals surface area contributed by atoms with E-state index in [0.29, 0.717) is 97.0 Å². The van der Waals surface area contributed by atoms with E-state index in [9.17, 15) is 28.0 Å². The normalized spacial score (nSPS) is 17.4. The van der Waals surface area contributed by atoms with Crippen LogP contribution in [0, 0.1) is 6.92 Å². The fourth-order valence-corrected chi connectivity index (χ4v) is 8.82. The number of benzene rings is 3. The maximum atomic E-state index is 13.3. The lowest BCUT2D eigenvalue weighted by atomic mass is 9.94. The number of alkyl halides is 2. The average Bonchev–Trinajstić information content (AvgIpc) is 3.89. The fraction of sp³-hybridized carbons (Fsp3) is 0.304. The lowest BCUT2D eigenvalue weighted by molar-refractivity contribution is -0.286. The number of anilines is 2. The number of nitrogen functional groups attached to an aromatic ring is 1. The first-order chi connectivity index (χ1) is 30.8. The largest absolute Gasteiger partial charge is 0.586 e. The Hall–Kier alpha value is -6.30. The van der Waals surface area contributed by atoms with Gasteiger partial charge in [0.1, 0.15) is 23.7 Å². The average molecular weight is 912 g/mol. The molecule has 1 saturated heterocycles. The van der Waals surface area contributed by atoms with Crippen molar-refractivity contribution in [1.29, 1.82) is 0 Å². The van der Waals surface area contributed by atoms with Crippen molar-refractivity contribution < 1.29 is 42.2 Å². The maximum Gasteiger partial charge on any atom is 0.586 e. The maximum absolute atomic E-state index is 13.3. The molecule has 1 saturated carbocycles. The molecular weight excluding hydrogens is 868 g/mol. The van der Waals surface area contributed by atoms with Gasteiger partial charge in [0.15, 0.2) is 17.6 Å². The van der Waals surface area contributed by atoms with Gasteiger partial charge in [0, 0.05) is 78.4 Å². The number of carbonyl (C=O) groups is 4. The number of halogens is 3. The van der Waals surface area contributed by atoms with Gasteiger partial charge in [-0.2, -0.15) is 11.8 Å². The van der Waals surface area contributed by atoms with Crippen LogP contribution in [0.3, 0.4) is 0 Å². The Morgan fingerprint density at radius 2 is 1.72 bits per heavy atom. The van der Waals surface area contributed by atoms with Crippen LogP contribution in [0.1, 0.15) is 39.9 Å². The molecule has 9 rings (SSSR count). The van der Waals surface area contributed by atoms with Crippen molar-refractivity contribution in [3.8, 4) is 39.6 Å². The number of carbonyl (C=O) groups excluding carboxylic acids is 4. The Kier molecular flexibility index (Phi) is 12.8. The molecule has 3 amide bonds. The summed E-state index contributed by atoms with van der Waals surface area (Å²) in [5.74, 6) is 2.22. The van der Waals surface area contributed by atoms with E-state index in [1.165, 1.54) is 23.9 Å². The van der Waals surface area contributed by atoms with Gasteiger partial charge in [-0.25, -0.2) is 9.97 Å². The Morgan fingerprint density at radius 3 is 2.45 bits per heavy atom. The van der Waals surface area contributed by atoms with E-state index >= 15 is 0 Å². The van der Waals surface area contributed by atoms with Crippen LogP contribution in [-0.2, 0) is 26.2 Å². The van der Waals surface area contributed by atoms with Crippen molar-refractivity contribution in [2.24, 2.45) is 5.73 Å². The molecule has 3 aromatic carbocycles. The minimum Gasteiger partial charge on any atom is -0.479 e. The highest BCUT2D eigenvalue weighted by atomic mass is 35.5. The van der Waals surface area contributed by atoms with E-state index in [4.69, 9.17) is 27.8 Å². The third-order valence-electron chi connectivity index (χ3n) is 11.4. The lowest BCUT2D eigenvalue weighted by Gasteiger charge is -2.35. The molecule has 18 heteroatoms. The van der Waals surface area contributed by atoms with Crippen LogP contribution in [0.2, 0.25) is 5.02 Å². The van der Waals surface area contributed by atoms with E-state index in [-0.39, 0.29) is 29.2 Å². The number of thioether (sulfide) groups is 1. The van der Waals surface area contributed by atoms with Crippen molar-refractivity contribution in [3.05, 3.63) is 112 Å². The van der Waals surface area contributed by atoms with Gasteiger partial charge in [0.05, 0.1) is 16.9 Å². The number of ether oxygens (including phenoxy) is 3. The van der Waals surface area contributed by atoms with Gasteiger partial charge < -0.3 is 40.8 Å². The smallest absolute Gasteiger partial charge is 0.479 e. The summed E-state index contributed by atoms with van der Waals surface area (Å²) in [7, 11) is 0. The molecule has 0 radical (unpaired) electrons. The number of hydrogen-bond acceptors (Lipinski definition) is 12. The number of aryl methyl sites for hydroxylation is 1. The summed E-state index contributed by atoms with van der Waals surface area (Å²) in [6.45, 7) is 4.51. The molecule has 5 heterocycles. The van der Waals surface area contributed by atoms with Crippen molar-refractivity contribution in [2.75, 3.05) is 55.3 Å². The molecule has 2 fully saturated rings. The van der Waals surface area contributed by atoms with Crippen LogP contribution < -0.4 is 31.0 Å². The molecule has 3 aliphatic heterocycles. The molecule has 0 bridgehead atoms. The summed E-state index contributed by atoms with van der Waals surface area (Å²) in [5, 5.41) is 3.43. The van der Waals surface area contributed by atoms with Gasteiger partial charge in [-0.1, -0.05) is 41.9 Å². The third kappa shape index (κ3) is 9.61. The summed E-state index contributed by atoms with van der Waals surface area (Å²) < 4.78 is 41.8. The van der Waals surface area contributed by atoms with Crippen molar-refractivity contribution >= 4 is 59.0 Å². The highest BCUT2D eigenvalue weighted by Gasteiger charge is 2.53. The van der Waals surface area contributed by atoms with Gasteiger partial charge in [-0.15, -0.1) is 8.78 Å². The van der Waals surface area contributed by atoms with Gasteiger partial charge in [-0.3, -0.25) is 19.2 Å². The zero-order valence-corrected chi connectivity index (χ0v) is 36.2. The Balaban J connectivity index is 0.000000175. The number of rotatable bonds is 11. The molecule has 0 spiro atoms. The van der Waals surface area contributed by atoms with Crippen molar-refractivity contribution in [1.82, 2.24) is 19.8 Å². The second kappa shape index (κ2) is 18.4. The summed E-state index contributed by atoms with van der Waals surface area (Å²) in [6.07, 6.45) is -0.304. The molecule has 1 atom stereocenters. The monoisotopic (exact) mass is 911 g/mol. The molecule has 14 nitrogen and oxygen atoms in total. The Bertz CT molecular complexity index is 2630. The van der Waals surface area contributed by atoms with Gasteiger partial charge in [-0.05, 0) is 85.0 Å². The Labute approximate surface area is 376 Å². The predicted octanol–water partition coefficient (Wildman–Crippen LogP) is 6.51. The van der Waals surface area contributed by atoms with Gasteiger partial charge >= 0.3 is 6.29 Å². The quantitative estimate of drug-likeness (QED) is 0.0963. The number of aldehydes is 1. The zero-order valence-electron chi connectivity index (χ0n) is 34.7. The van der Waals surface area contributed by atoms with E-state index in [1.54, 1.807) is 47.5 Å². The van der Waals surface area contributed by atoms with Crippen LogP contribution in [0.15, 0.2) is 85.1 Å². The first kappa shape index (κ1) is 44.3. The van der Waals surface area contributed by atoms with E-state index in [2.05, 4.69) is 24.8 Å². The van der Waals surface area contributed by atoms with E-state index in [1.807, 2.05) is 42.2 Å². The minimum atomic E-state index is -3.71. The Morgan fingerprint density at radius 1 is 0.953 bits per heavy atom. The first-order valence-corrected chi connectivity index (χ1v) is 22.1. The number of piperazine rings is 1. The highest BCUT2D eigenvalue weighted by molar-refractivity contribution is 7.99. The number of nitrogens with zero attached hydrogens (tertiary/aromatic N) is 4. The summed E-state index contributed by atoms with van der Waals surface area (Å²) in [5.41, 5.74) is 16.4. The number of nitrogens with one attached hydrogen (secondary N) is 1. The number of hydrogen-bond donors (Lipinski definition) is 3. The molecule has 1 unspecified atom stereocenters. The number of amides is 3. The van der Waals surface area contributed by atoms with Gasteiger partial charge in [0.25, 0.3) is 5.91 Å². The topological polar surface area (TPSA) is 192 Å². The lowest BCUT2D eigenvalue weighted by Crippen LogP contribution is -2.53. The molecule has 64 heavy (non-hydrogen) atoms. The predicted molar refractivity (Wildman–Crippen MR) is 239 cm³/mol. The van der Waals surface area contributed by atoms with Gasteiger partial charge in [0.2, 0.25) is 11.8 Å². The molecule has 2 aromatic heterocycles. The van der Waals surface area contributed by atoms with E-state index in [0.717, 1.165) is 39.9 Å². The number of nitrogens with two attached hydrogens (primary N) is 2. The summed E-state index contributed by atoms with van der Waals surface area (Å²) >= 11 is 7.88.